The minimum atomic E-state index is -4.59. The predicted molar refractivity (Wildman–Crippen MR) is 94.5 cm³/mol. The number of fused-ring (bicyclic) bond motifs is 4. The number of halogens is 4. The van der Waals surface area contributed by atoms with Crippen LogP contribution in [0.1, 0.15) is 24.2 Å². The third-order valence-corrected chi connectivity index (χ3v) is 5.27. The van der Waals surface area contributed by atoms with Gasteiger partial charge in [-0.05, 0) is 25.0 Å². The van der Waals surface area contributed by atoms with Crippen LogP contribution in [0.4, 0.5) is 29.3 Å². The smallest absolute Gasteiger partial charge is 0.307 e. The third-order valence-electron chi connectivity index (χ3n) is 5.09. The van der Waals surface area contributed by atoms with E-state index in [1.54, 1.807) is 16.8 Å². The lowest BCUT2D eigenvalue weighted by molar-refractivity contribution is -0.141. The van der Waals surface area contributed by atoms with Gasteiger partial charge in [-0.3, -0.25) is 9.88 Å². The molecule has 1 saturated carbocycles. The summed E-state index contributed by atoms with van der Waals surface area (Å²) in [6, 6.07) is 3.21. The van der Waals surface area contributed by atoms with Gasteiger partial charge in [-0.15, -0.1) is 0 Å². The van der Waals surface area contributed by atoms with Crippen molar-refractivity contribution in [1.29, 1.82) is 0 Å². The molecule has 0 saturated heterocycles. The van der Waals surface area contributed by atoms with Crippen LogP contribution < -0.4 is 10.2 Å². The third kappa shape index (κ3) is 2.59. The molecule has 3 aromatic heterocycles. The van der Waals surface area contributed by atoms with Gasteiger partial charge in [-0.25, -0.2) is 14.3 Å². The van der Waals surface area contributed by atoms with Crippen molar-refractivity contribution in [2.45, 2.75) is 24.4 Å². The molecule has 11 heteroatoms. The second kappa shape index (κ2) is 5.57. The Kier molecular flexibility index (Phi) is 3.43. The van der Waals surface area contributed by atoms with Gasteiger partial charge in [0.25, 0.3) is 0 Å². The lowest BCUT2D eigenvalue weighted by atomic mass is 10.1. The summed E-state index contributed by atoms with van der Waals surface area (Å²) in [5.41, 5.74) is 0.736. The number of amides is 2. The van der Waals surface area contributed by atoms with Crippen molar-refractivity contribution >= 4 is 34.7 Å². The largest absolute Gasteiger partial charge is 0.433 e. The lowest BCUT2D eigenvalue weighted by Crippen LogP contribution is -2.35. The van der Waals surface area contributed by atoms with Crippen LogP contribution in [-0.4, -0.2) is 32.2 Å². The first-order valence-corrected chi connectivity index (χ1v) is 8.81. The highest BCUT2D eigenvalue weighted by molar-refractivity contribution is 6.29. The highest BCUT2D eigenvalue weighted by Gasteiger charge is 2.55. The number of carbonyl (C=O) groups is 1. The van der Waals surface area contributed by atoms with Gasteiger partial charge < -0.3 is 5.32 Å². The normalized spacial score (nSPS) is 17.2. The number of urea groups is 1. The number of aromatic nitrogens is 4. The van der Waals surface area contributed by atoms with Crippen molar-refractivity contribution < 1.29 is 18.0 Å². The summed E-state index contributed by atoms with van der Waals surface area (Å²) in [6.45, 7) is 0.406. The van der Waals surface area contributed by atoms with Crippen LogP contribution in [0.2, 0.25) is 5.15 Å². The highest BCUT2D eigenvalue weighted by Crippen LogP contribution is 2.56. The second-order valence-electron chi connectivity index (χ2n) is 6.95. The Balaban J connectivity index is 1.49. The number of nitrogens with one attached hydrogen (secondary N) is 1. The number of carbonyl (C=O) groups excluding carboxylic acids is 1. The molecule has 1 aliphatic carbocycles. The molecule has 0 bridgehead atoms. The molecule has 1 spiro atoms. The molecule has 1 fully saturated rings. The Hall–Kier alpha value is -2.88. The molecule has 1 aliphatic heterocycles. The molecular formula is C17H12ClF3N6O. The number of alkyl halides is 3. The monoisotopic (exact) mass is 408 g/mol. The molecule has 2 amide bonds. The fraction of sp³-hybridized carbons (Fsp3) is 0.294. The molecule has 28 heavy (non-hydrogen) atoms. The maximum Gasteiger partial charge on any atom is 0.433 e. The number of nitrogens with zero attached hydrogens (tertiary/aromatic N) is 5. The lowest BCUT2D eigenvalue weighted by Gasteiger charge is -2.18. The summed E-state index contributed by atoms with van der Waals surface area (Å²) in [5, 5.41) is 7.09. The quantitative estimate of drug-likeness (QED) is 0.663. The molecule has 4 heterocycles. The first kappa shape index (κ1) is 17.2. The maximum absolute atomic E-state index is 12.8. The minimum Gasteiger partial charge on any atom is -0.307 e. The van der Waals surface area contributed by atoms with E-state index in [0.717, 1.165) is 30.8 Å². The molecule has 0 atom stereocenters. The SMILES string of the molecule is O=C(Nc1ccnc(C(F)(F)F)c1)N1CC2(CC2)c2c1cnc1cc(Cl)nn21. The summed E-state index contributed by atoms with van der Waals surface area (Å²) in [4.78, 5) is 21.9. The highest BCUT2D eigenvalue weighted by atomic mass is 35.5. The van der Waals surface area contributed by atoms with E-state index in [-0.39, 0.29) is 11.1 Å². The van der Waals surface area contributed by atoms with Gasteiger partial charge in [0.05, 0.1) is 17.6 Å². The average Bonchev–Trinajstić information content (AvgIpc) is 3.18. The van der Waals surface area contributed by atoms with Crippen LogP contribution in [-0.2, 0) is 11.6 Å². The van der Waals surface area contributed by atoms with Crippen molar-refractivity contribution in [3.8, 4) is 0 Å². The van der Waals surface area contributed by atoms with Gasteiger partial charge >= 0.3 is 12.2 Å². The van der Waals surface area contributed by atoms with Gasteiger partial charge in [0.15, 0.2) is 10.8 Å². The topological polar surface area (TPSA) is 75.4 Å². The van der Waals surface area contributed by atoms with E-state index < -0.39 is 17.9 Å². The first-order chi connectivity index (χ1) is 13.3. The van der Waals surface area contributed by atoms with Crippen LogP contribution in [0.3, 0.4) is 0 Å². The molecule has 0 radical (unpaired) electrons. The van der Waals surface area contributed by atoms with Crippen molar-refractivity contribution in [3.05, 3.63) is 47.1 Å². The van der Waals surface area contributed by atoms with Crippen LogP contribution >= 0.6 is 11.6 Å². The molecule has 0 unspecified atom stereocenters. The van der Waals surface area contributed by atoms with E-state index in [9.17, 15) is 18.0 Å². The number of rotatable bonds is 1. The summed E-state index contributed by atoms with van der Waals surface area (Å²) in [7, 11) is 0. The summed E-state index contributed by atoms with van der Waals surface area (Å²) < 4.78 is 40.2. The van der Waals surface area contributed by atoms with Crippen LogP contribution in [0.15, 0.2) is 30.6 Å². The zero-order chi connectivity index (χ0) is 19.7. The first-order valence-electron chi connectivity index (χ1n) is 8.43. The zero-order valence-electron chi connectivity index (χ0n) is 14.2. The van der Waals surface area contributed by atoms with Crippen molar-refractivity contribution in [3.63, 3.8) is 0 Å². The molecule has 0 aromatic carbocycles. The standard InChI is InChI=1S/C17H12ClF3N6O/c18-12-6-13-23-7-10-14(27(13)25-12)16(2-3-16)8-26(10)15(28)24-9-1-4-22-11(5-9)17(19,20)21/h1,4-7H,2-3,8H2,(H,22,24,28). The van der Waals surface area contributed by atoms with Crippen molar-refractivity contribution in [1.82, 2.24) is 19.6 Å². The molecule has 5 rings (SSSR count). The average molecular weight is 409 g/mol. The Morgan fingerprint density at radius 3 is 2.75 bits per heavy atom. The van der Waals surface area contributed by atoms with Gasteiger partial charge in [-0.1, -0.05) is 11.6 Å². The van der Waals surface area contributed by atoms with Crippen molar-refractivity contribution in [2.75, 3.05) is 16.8 Å². The Morgan fingerprint density at radius 1 is 1.25 bits per heavy atom. The van der Waals surface area contributed by atoms with Crippen molar-refractivity contribution in [2.24, 2.45) is 0 Å². The minimum absolute atomic E-state index is 0.0155. The van der Waals surface area contributed by atoms with E-state index in [2.05, 4.69) is 20.4 Å². The fourth-order valence-corrected chi connectivity index (χ4v) is 3.81. The number of hydrogen-bond donors (Lipinski definition) is 1. The molecule has 3 aromatic rings. The number of anilines is 2. The zero-order valence-corrected chi connectivity index (χ0v) is 14.9. The molecule has 7 nitrogen and oxygen atoms in total. The Morgan fingerprint density at radius 2 is 2.04 bits per heavy atom. The Labute approximate surface area is 161 Å². The van der Waals surface area contributed by atoms with E-state index >= 15 is 0 Å². The van der Waals surface area contributed by atoms with Gasteiger partial charge in [0.1, 0.15) is 5.69 Å². The van der Waals surface area contributed by atoms with E-state index in [0.29, 0.717) is 23.0 Å². The summed E-state index contributed by atoms with van der Waals surface area (Å²) >= 11 is 5.99. The maximum atomic E-state index is 12.8. The molecular weight excluding hydrogens is 397 g/mol. The predicted octanol–water partition coefficient (Wildman–Crippen LogP) is 3.88. The fourth-order valence-electron chi connectivity index (χ4n) is 3.63. The number of hydrogen-bond acceptors (Lipinski definition) is 4. The van der Waals surface area contributed by atoms with Crippen LogP contribution in [0.5, 0.6) is 0 Å². The van der Waals surface area contributed by atoms with Crippen LogP contribution in [0, 0.1) is 0 Å². The van der Waals surface area contributed by atoms with E-state index in [1.165, 1.54) is 11.0 Å². The van der Waals surface area contributed by atoms with Crippen LogP contribution in [0.25, 0.3) is 5.65 Å². The van der Waals surface area contributed by atoms with Gasteiger partial charge in [-0.2, -0.15) is 18.3 Å². The summed E-state index contributed by atoms with van der Waals surface area (Å²) in [5.74, 6) is 0. The Bertz CT molecular complexity index is 1120. The van der Waals surface area contributed by atoms with E-state index in [4.69, 9.17) is 11.6 Å². The molecule has 1 N–H and O–H groups in total. The summed E-state index contributed by atoms with van der Waals surface area (Å²) in [6.07, 6.45) is -0.242. The van der Waals surface area contributed by atoms with Gasteiger partial charge in [0, 0.05) is 29.9 Å². The van der Waals surface area contributed by atoms with Gasteiger partial charge in [0.2, 0.25) is 0 Å². The number of pyridine rings is 1. The molecule has 2 aliphatic rings. The second-order valence-corrected chi connectivity index (χ2v) is 7.34. The van der Waals surface area contributed by atoms with E-state index in [1.807, 2.05) is 0 Å². The molecule has 144 valence electrons.